The van der Waals surface area contributed by atoms with Gasteiger partial charge >= 0.3 is 0 Å². The highest BCUT2D eigenvalue weighted by Crippen LogP contribution is 2.31. The summed E-state index contributed by atoms with van der Waals surface area (Å²) in [5, 5.41) is 15.2. The lowest BCUT2D eigenvalue weighted by Gasteiger charge is -2.10. The topological polar surface area (TPSA) is 60.2 Å². The molecule has 0 fully saturated rings. The quantitative estimate of drug-likeness (QED) is 0.876. The number of methoxy groups -OCH3 is 1. The van der Waals surface area contributed by atoms with Gasteiger partial charge in [0.25, 0.3) is 0 Å². The molecule has 1 unspecified atom stereocenters. The average molecular weight is 239 g/mol. The summed E-state index contributed by atoms with van der Waals surface area (Å²) < 4.78 is 6.77. The first-order valence-electron chi connectivity index (χ1n) is 4.79. The summed E-state index contributed by atoms with van der Waals surface area (Å²) in [5.74, 6) is 0.584. The van der Waals surface area contributed by atoms with E-state index >= 15 is 0 Å². The molecule has 2 heterocycles. The normalized spacial score (nSPS) is 12.8. The Balaban J connectivity index is 2.40. The standard InChI is InChI=1S/C10H13N3O2S/c1-6-11-5-8(16-6)10(14)9-7(15-3)4-12-13(9)2/h4-5,10,14H,1-3H3. The minimum Gasteiger partial charge on any atom is -0.493 e. The van der Waals surface area contributed by atoms with Crippen LogP contribution in [0.1, 0.15) is 21.7 Å². The van der Waals surface area contributed by atoms with Gasteiger partial charge in [-0.25, -0.2) is 4.98 Å². The third-order valence-corrected chi connectivity index (χ3v) is 3.30. The van der Waals surface area contributed by atoms with Crippen molar-refractivity contribution in [3.63, 3.8) is 0 Å². The van der Waals surface area contributed by atoms with E-state index in [1.807, 2.05) is 6.92 Å². The fourth-order valence-corrected chi connectivity index (χ4v) is 2.31. The molecule has 0 bridgehead atoms. The lowest BCUT2D eigenvalue weighted by atomic mass is 10.2. The van der Waals surface area contributed by atoms with Gasteiger partial charge in [-0.2, -0.15) is 5.10 Å². The molecule has 6 heteroatoms. The van der Waals surface area contributed by atoms with E-state index in [1.165, 1.54) is 11.3 Å². The molecule has 0 aliphatic rings. The van der Waals surface area contributed by atoms with Gasteiger partial charge in [-0.05, 0) is 6.92 Å². The first-order chi connectivity index (χ1) is 7.63. The molecule has 0 amide bonds. The Kier molecular flexibility index (Phi) is 2.93. The Morgan fingerprint density at radius 1 is 1.50 bits per heavy atom. The second kappa shape index (κ2) is 4.23. The van der Waals surface area contributed by atoms with Crippen LogP contribution in [0.4, 0.5) is 0 Å². The van der Waals surface area contributed by atoms with E-state index < -0.39 is 6.10 Å². The molecule has 0 aliphatic carbocycles. The van der Waals surface area contributed by atoms with E-state index in [0.29, 0.717) is 11.4 Å². The first-order valence-corrected chi connectivity index (χ1v) is 5.61. The highest BCUT2D eigenvalue weighted by molar-refractivity contribution is 7.11. The predicted molar refractivity (Wildman–Crippen MR) is 60.7 cm³/mol. The van der Waals surface area contributed by atoms with Gasteiger partial charge in [0, 0.05) is 13.2 Å². The minimum atomic E-state index is -0.742. The van der Waals surface area contributed by atoms with Crippen LogP contribution in [-0.2, 0) is 7.05 Å². The Morgan fingerprint density at radius 2 is 2.25 bits per heavy atom. The molecule has 2 aromatic rings. The van der Waals surface area contributed by atoms with Gasteiger partial charge in [0.15, 0.2) is 5.75 Å². The van der Waals surface area contributed by atoms with Crippen LogP contribution in [0.5, 0.6) is 5.75 Å². The number of aromatic nitrogens is 3. The number of hydrogen-bond acceptors (Lipinski definition) is 5. The van der Waals surface area contributed by atoms with Crippen LogP contribution >= 0.6 is 11.3 Å². The highest BCUT2D eigenvalue weighted by Gasteiger charge is 2.21. The Bertz CT molecular complexity index is 492. The lowest BCUT2D eigenvalue weighted by Crippen LogP contribution is -2.06. The minimum absolute atomic E-state index is 0.584. The summed E-state index contributed by atoms with van der Waals surface area (Å²) in [5.41, 5.74) is 0.645. The third kappa shape index (κ3) is 1.81. The van der Waals surface area contributed by atoms with Crippen LogP contribution in [0.3, 0.4) is 0 Å². The number of aliphatic hydroxyl groups is 1. The zero-order valence-corrected chi connectivity index (χ0v) is 10.2. The van der Waals surface area contributed by atoms with E-state index in [9.17, 15) is 5.11 Å². The maximum atomic E-state index is 10.2. The molecule has 0 radical (unpaired) electrons. The fraction of sp³-hybridized carbons (Fsp3) is 0.400. The van der Waals surface area contributed by atoms with Gasteiger partial charge in [0.2, 0.25) is 0 Å². The molecule has 2 aromatic heterocycles. The number of rotatable bonds is 3. The van der Waals surface area contributed by atoms with Crippen LogP contribution in [0.15, 0.2) is 12.4 Å². The number of nitrogens with zero attached hydrogens (tertiary/aromatic N) is 3. The van der Waals surface area contributed by atoms with Crippen molar-refractivity contribution >= 4 is 11.3 Å². The van der Waals surface area contributed by atoms with Crippen LogP contribution in [0, 0.1) is 6.92 Å². The molecular formula is C10H13N3O2S. The zero-order valence-electron chi connectivity index (χ0n) is 9.34. The molecule has 1 atom stereocenters. The van der Waals surface area contributed by atoms with Crippen LogP contribution in [-0.4, -0.2) is 27.0 Å². The van der Waals surface area contributed by atoms with Gasteiger partial charge in [0.1, 0.15) is 11.8 Å². The number of aliphatic hydroxyl groups excluding tert-OH is 1. The highest BCUT2D eigenvalue weighted by atomic mass is 32.1. The van der Waals surface area contributed by atoms with E-state index in [-0.39, 0.29) is 0 Å². The summed E-state index contributed by atoms with van der Waals surface area (Å²) in [6, 6.07) is 0. The van der Waals surface area contributed by atoms with Crippen molar-refractivity contribution in [3.05, 3.63) is 28.0 Å². The van der Waals surface area contributed by atoms with Gasteiger partial charge < -0.3 is 9.84 Å². The molecule has 0 aromatic carbocycles. The van der Waals surface area contributed by atoms with Crippen molar-refractivity contribution in [1.82, 2.24) is 14.8 Å². The van der Waals surface area contributed by atoms with Crippen molar-refractivity contribution in [1.29, 1.82) is 0 Å². The average Bonchev–Trinajstić information content (AvgIpc) is 2.83. The number of aryl methyl sites for hydroxylation is 2. The van der Waals surface area contributed by atoms with E-state index in [1.54, 1.807) is 31.2 Å². The van der Waals surface area contributed by atoms with Crippen LogP contribution in [0.2, 0.25) is 0 Å². The van der Waals surface area contributed by atoms with E-state index in [2.05, 4.69) is 10.1 Å². The molecule has 86 valence electrons. The molecule has 0 saturated carbocycles. The third-order valence-electron chi connectivity index (χ3n) is 2.34. The van der Waals surface area contributed by atoms with Crippen molar-refractivity contribution in [2.24, 2.45) is 7.05 Å². The van der Waals surface area contributed by atoms with Crippen molar-refractivity contribution < 1.29 is 9.84 Å². The van der Waals surface area contributed by atoms with Crippen molar-refractivity contribution in [2.45, 2.75) is 13.0 Å². The molecule has 0 saturated heterocycles. The monoisotopic (exact) mass is 239 g/mol. The second-order valence-corrected chi connectivity index (χ2v) is 4.67. The van der Waals surface area contributed by atoms with E-state index in [4.69, 9.17) is 4.74 Å². The fourth-order valence-electron chi connectivity index (χ4n) is 1.53. The molecule has 0 spiro atoms. The van der Waals surface area contributed by atoms with Gasteiger partial charge in [-0.15, -0.1) is 11.3 Å². The Morgan fingerprint density at radius 3 is 2.81 bits per heavy atom. The summed E-state index contributed by atoms with van der Waals surface area (Å²) in [7, 11) is 3.33. The molecule has 16 heavy (non-hydrogen) atoms. The SMILES string of the molecule is COc1cnn(C)c1C(O)c1cnc(C)s1. The molecular weight excluding hydrogens is 226 g/mol. The van der Waals surface area contributed by atoms with Gasteiger partial charge in [-0.1, -0.05) is 0 Å². The maximum absolute atomic E-state index is 10.2. The summed E-state index contributed by atoms with van der Waals surface area (Å²) in [4.78, 5) is 4.91. The number of ether oxygens (including phenoxy) is 1. The van der Waals surface area contributed by atoms with Crippen LogP contribution < -0.4 is 4.74 Å². The molecule has 0 aliphatic heterocycles. The molecule has 2 rings (SSSR count). The number of hydrogen-bond donors (Lipinski definition) is 1. The summed E-state index contributed by atoms with van der Waals surface area (Å²) in [6.45, 7) is 1.90. The van der Waals surface area contributed by atoms with Crippen LogP contribution in [0.25, 0.3) is 0 Å². The van der Waals surface area contributed by atoms with Gasteiger partial charge in [-0.3, -0.25) is 4.68 Å². The Labute approximate surface area is 97.3 Å². The lowest BCUT2D eigenvalue weighted by molar-refractivity contribution is 0.207. The van der Waals surface area contributed by atoms with E-state index in [0.717, 1.165) is 9.88 Å². The van der Waals surface area contributed by atoms with Crippen molar-refractivity contribution in [2.75, 3.05) is 7.11 Å². The summed E-state index contributed by atoms with van der Waals surface area (Å²) in [6.07, 6.45) is 2.53. The zero-order chi connectivity index (χ0) is 11.7. The summed E-state index contributed by atoms with van der Waals surface area (Å²) >= 11 is 1.46. The van der Waals surface area contributed by atoms with Crippen molar-refractivity contribution in [3.8, 4) is 5.75 Å². The molecule has 5 nitrogen and oxygen atoms in total. The first kappa shape index (κ1) is 11.1. The maximum Gasteiger partial charge on any atom is 0.163 e. The predicted octanol–water partition coefficient (Wildman–Crippen LogP) is 1.28. The largest absolute Gasteiger partial charge is 0.493 e. The molecule has 1 N–H and O–H groups in total. The van der Waals surface area contributed by atoms with Gasteiger partial charge in [0.05, 0.1) is 23.2 Å². The number of thiazole rings is 1. The smallest absolute Gasteiger partial charge is 0.163 e. The second-order valence-electron chi connectivity index (χ2n) is 3.41. The Hall–Kier alpha value is -1.40.